The third-order valence-electron chi connectivity index (χ3n) is 5.91. The van der Waals surface area contributed by atoms with Gasteiger partial charge >= 0.3 is 5.97 Å². The smallest absolute Gasteiger partial charge is 0.328 e. The molecular weight excluding hydrogens is 497 g/mol. The van der Waals surface area contributed by atoms with Crippen LogP contribution in [0.3, 0.4) is 0 Å². The zero-order valence-corrected chi connectivity index (χ0v) is 20.6. The van der Waals surface area contributed by atoms with E-state index in [0.29, 0.717) is 40.1 Å². The van der Waals surface area contributed by atoms with Crippen molar-refractivity contribution in [3.8, 4) is 17.2 Å². The predicted molar refractivity (Wildman–Crippen MR) is 146 cm³/mol. The third-order valence-corrected chi connectivity index (χ3v) is 5.91. The summed E-state index contributed by atoms with van der Waals surface area (Å²) in [6.07, 6.45) is 3.95. The number of fused-ring (bicyclic) bond motifs is 1. The molecule has 0 bridgehead atoms. The number of carbonyl (C=O) groups excluding carboxylic acids is 1. The summed E-state index contributed by atoms with van der Waals surface area (Å²) in [6.45, 7) is 0.388. The van der Waals surface area contributed by atoms with Gasteiger partial charge in [-0.2, -0.15) is 0 Å². The molecule has 1 heterocycles. The van der Waals surface area contributed by atoms with Crippen LogP contribution < -0.4 is 9.47 Å². The first-order chi connectivity index (χ1) is 19.0. The van der Waals surface area contributed by atoms with Gasteiger partial charge in [0.2, 0.25) is 0 Å². The van der Waals surface area contributed by atoms with Gasteiger partial charge in [-0.1, -0.05) is 42.5 Å². The number of ether oxygens (including phenoxy) is 2. The van der Waals surface area contributed by atoms with E-state index in [1.807, 2.05) is 30.3 Å². The lowest BCUT2D eigenvalue weighted by Crippen LogP contribution is -2.05. The van der Waals surface area contributed by atoms with Crippen LogP contribution in [0.15, 0.2) is 109 Å². The summed E-state index contributed by atoms with van der Waals surface area (Å²) in [7, 11) is 0. The van der Waals surface area contributed by atoms with Crippen LogP contribution in [0.2, 0.25) is 0 Å². The molecule has 1 N–H and O–H groups in total. The van der Waals surface area contributed by atoms with Gasteiger partial charge < -0.3 is 14.6 Å². The molecule has 0 spiro atoms. The van der Waals surface area contributed by atoms with Gasteiger partial charge in [-0.15, -0.1) is 0 Å². The molecule has 39 heavy (non-hydrogen) atoms. The molecule has 1 aromatic heterocycles. The van der Waals surface area contributed by atoms with Crippen LogP contribution in [0, 0.1) is 5.82 Å². The molecule has 192 valence electrons. The quantitative estimate of drug-likeness (QED) is 0.166. The highest BCUT2D eigenvalue weighted by molar-refractivity contribution is 6.13. The highest BCUT2D eigenvalue weighted by Gasteiger charge is 2.20. The highest BCUT2D eigenvalue weighted by Crippen LogP contribution is 2.35. The Balaban J connectivity index is 1.51. The molecule has 0 aliphatic rings. The minimum Gasteiger partial charge on any atom is -0.489 e. The number of pyridine rings is 1. The zero-order valence-electron chi connectivity index (χ0n) is 20.6. The fourth-order valence-electron chi connectivity index (χ4n) is 3.94. The maximum absolute atomic E-state index is 13.5. The summed E-state index contributed by atoms with van der Waals surface area (Å²) >= 11 is 0. The second-order valence-corrected chi connectivity index (χ2v) is 8.63. The number of hydrogen-bond acceptors (Lipinski definition) is 5. The fourth-order valence-corrected chi connectivity index (χ4v) is 3.94. The normalized spacial score (nSPS) is 11.0. The average molecular weight is 520 g/mol. The second kappa shape index (κ2) is 11.4. The van der Waals surface area contributed by atoms with Crippen LogP contribution in [-0.2, 0) is 11.4 Å². The number of carbonyl (C=O) groups is 2. The second-order valence-electron chi connectivity index (χ2n) is 8.63. The molecule has 0 atom stereocenters. The molecule has 0 radical (unpaired) electrons. The van der Waals surface area contributed by atoms with E-state index in [9.17, 15) is 14.0 Å². The maximum Gasteiger partial charge on any atom is 0.328 e. The van der Waals surface area contributed by atoms with Crippen LogP contribution >= 0.6 is 0 Å². The third kappa shape index (κ3) is 6.17. The van der Waals surface area contributed by atoms with Crippen molar-refractivity contribution in [2.24, 2.45) is 0 Å². The number of aliphatic carboxylic acids is 1. The first kappa shape index (κ1) is 25.4. The Kier molecular flexibility index (Phi) is 7.41. The van der Waals surface area contributed by atoms with E-state index in [-0.39, 0.29) is 17.1 Å². The van der Waals surface area contributed by atoms with E-state index < -0.39 is 11.8 Å². The molecule has 0 aliphatic carbocycles. The van der Waals surface area contributed by atoms with E-state index in [2.05, 4.69) is 4.98 Å². The number of ketones is 1. The van der Waals surface area contributed by atoms with Gasteiger partial charge in [0.25, 0.3) is 0 Å². The average Bonchev–Trinajstić information content (AvgIpc) is 2.96. The Morgan fingerprint density at radius 2 is 1.59 bits per heavy atom. The van der Waals surface area contributed by atoms with Crippen molar-refractivity contribution in [3.05, 3.63) is 137 Å². The summed E-state index contributed by atoms with van der Waals surface area (Å²) in [6, 6.07) is 27.1. The largest absolute Gasteiger partial charge is 0.489 e. The molecule has 6 nitrogen and oxygen atoms in total. The molecule has 0 amide bonds. The lowest BCUT2D eigenvalue weighted by Gasteiger charge is -2.15. The molecule has 4 aromatic carbocycles. The molecule has 0 saturated carbocycles. The number of benzene rings is 4. The van der Waals surface area contributed by atoms with Gasteiger partial charge in [0.15, 0.2) is 5.78 Å². The molecular formula is C32H22FNO5. The van der Waals surface area contributed by atoms with Crippen LogP contribution in [0.4, 0.5) is 4.39 Å². The summed E-state index contributed by atoms with van der Waals surface area (Å²) in [5.41, 5.74) is 2.76. The summed E-state index contributed by atoms with van der Waals surface area (Å²) in [5.74, 6) is -0.526. The summed E-state index contributed by atoms with van der Waals surface area (Å²) < 4.78 is 25.6. The van der Waals surface area contributed by atoms with Gasteiger partial charge in [-0.25, -0.2) is 9.18 Å². The van der Waals surface area contributed by atoms with Crippen molar-refractivity contribution in [2.75, 3.05) is 0 Å². The predicted octanol–water partition coefficient (Wildman–Crippen LogP) is 7.07. The van der Waals surface area contributed by atoms with Crippen molar-refractivity contribution in [1.29, 1.82) is 0 Å². The molecule has 0 unspecified atom stereocenters. The van der Waals surface area contributed by atoms with Crippen LogP contribution in [0.1, 0.15) is 27.0 Å². The van der Waals surface area contributed by atoms with Crippen molar-refractivity contribution >= 4 is 28.7 Å². The van der Waals surface area contributed by atoms with Crippen LogP contribution in [0.5, 0.6) is 17.2 Å². The van der Waals surface area contributed by atoms with Gasteiger partial charge in [0, 0.05) is 29.3 Å². The minimum atomic E-state index is -1.05. The Hall–Kier alpha value is -5.30. The van der Waals surface area contributed by atoms with Crippen molar-refractivity contribution in [3.63, 3.8) is 0 Å². The van der Waals surface area contributed by atoms with E-state index in [4.69, 9.17) is 14.6 Å². The standard InChI is InChI=1S/C32H22FNO5/c33-24-11-9-23(10-12-24)31(37)28-19-34-29-18-26(38-20-22-4-2-1-3-5-22)15-16-27(29)32(28)39-25-13-6-21(7-14-25)8-17-30(35)36/h1-19H,20H2,(H,35,36)/b17-8+. The van der Waals surface area contributed by atoms with Crippen molar-refractivity contribution < 1.29 is 28.6 Å². The number of rotatable bonds is 9. The van der Waals surface area contributed by atoms with Crippen molar-refractivity contribution in [2.45, 2.75) is 6.61 Å². The molecule has 0 fully saturated rings. The van der Waals surface area contributed by atoms with E-state index in [0.717, 1.165) is 11.6 Å². The Morgan fingerprint density at radius 1 is 0.872 bits per heavy atom. The van der Waals surface area contributed by atoms with Gasteiger partial charge in [-0.05, 0) is 65.7 Å². The lowest BCUT2D eigenvalue weighted by atomic mass is 10.0. The van der Waals surface area contributed by atoms with Gasteiger partial charge in [0.1, 0.15) is 29.7 Å². The van der Waals surface area contributed by atoms with Gasteiger partial charge in [0.05, 0.1) is 11.1 Å². The zero-order chi connectivity index (χ0) is 27.2. The SMILES string of the molecule is O=C(O)/C=C/c1ccc(Oc2c(C(=O)c3ccc(F)cc3)cnc3cc(OCc4ccccc4)ccc23)cc1. The number of halogens is 1. The number of nitrogens with zero attached hydrogens (tertiary/aromatic N) is 1. The number of aromatic nitrogens is 1. The van der Waals surface area contributed by atoms with Gasteiger partial charge in [-0.3, -0.25) is 9.78 Å². The van der Waals surface area contributed by atoms with Crippen LogP contribution in [-0.4, -0.2) is 21.8 Å². The Morgan fingerprint density at radius 3 is 2.31 bits per heavy atom. The number of carboxylic acids is 1. The summed E-state index contributed by atoms with van der Waals surface area (Å²) in [4.78, 5) is 28.7. The highest BCUT2D eigenvalue weighted by atomic mass is 19.1. The summed E-state index contributed by atoms with van der Waals surface area (Å²) in [5, 5.41) is 9.44. The first-order valence-electron chi connectivity index (χ1n) is 12.0. The topological polar surface area (TPSA) is 85.7 Å². The molecule has 0 aliphatic heterocycles. The number of hydrogen-bond donors (Lipinski definition) is 1. The maximum atomic E-state index is 13.5. The Labute approximate surface area is 223 Å². The molecule has 7 heteroatoms. The number of carboxylic acid groups (broad SMARTS) is 1. The monoisotopic (exact) mass is 519 g/mol. The molecule has 5 aromatic rings. The van der Waals surface area contributed by atoms with E-state index in [1.54, 1.807) is 42.5 Å². The van der Waals surface area contributed by atoms with E-state index >= 15 is 0 Å². The molecule has 5 rings (SSSR count). The van der Waals surface area contributed by atoms with Crippen molar-refractivity contribution in [1.82, 2.24) is 4.98 Å². The van der Waals surface area contributed by atoms with E-state index in [1.165, 1.54) is 36.5 Å². The lowest BCUT2D eigenvalue weighted by molar-refractivity contribution is -0.131. The van der Waals surface area contributed by atoms with Crippen LogP contribution in [0.25, 0.3) is 17.0 Å². The first-order valence-corrected chi connectivity index (χ1v) is 12.0. The minimum absolute atomic E-state index is 0.210. The Bertz CT molecular complexity index is 1660. The molecule has 0 saturated heterocycles. The fraction of sp³-hybridized carbons (Fsp3) is 0.0312.